The van der Waals surface area contributed by atoms with Gasteiger partial charge in [0.25, 0.3) is 0 Å². The van der Waals surface area contributed by atoms with E-state index in [1.54, 1.807) is 43.7 Å². The molecule has 1 amide bonds. The average Bonchev–Trinajstić information content (AvgIpc) is 3.33. The van der Waals surface area contributed by atoms with Crippen LogP contribution in [0.2, 0.25) is 0 Å². The molecule has 1 aromatic carbocycles. The number of methoxy groups -OCH3 is 1. The van der Waals surface area contributed by atoms with E-state index in [0.717, 1.165) is 17.1 Å². The van der Waals surface area contributed by atoms with Crippen molar-refractivity contribution < 1.29 is 18.5 Å². The molecule has 0 fully saturated rings. The number of carbonyl (C=O) groups excluding carboxylic acids is 1. The number of ether oxygens (including phenoxy) is 1. The van der Waals surface area contributed by atoms with Crippen LogP contribution in [-0.4, -0.2) is 36.2 Å². The van der Waals surface area contributed by atoms with Gasteiger partial charge in [0, 0.05) is 18.3 Å². The molecule has 0 spiro atoms. The van der Waals surface area contributed by atoms with E-state index in [1.165, 1.54) is 0 Å². The molecule has 7 nitrogen and oxygen atoms in total. The third-order valence-corrected chi connectivity index (χ3v) is 3.90. The quantitative estimate of drug-likeness (QED) is 0.667. The van der Waals surface area contributed by atoms with Crippen LogP contribution in [-0.2, 0) is 11.3 Å². The Bertz CT molecular complexity index is 825. The topological polar surface area (TPSA) is 80.7 Å². The average molecular weight is 355 g/mol. The number of hydrogen-bond donors (Lipinski definition) is 1. The maximum atomic E-state index is 12.3. The van der Waals surface area contributed by atoms with Crippen molar-refractivity contribution in [1.82, 2.24) is 10.1 Å². The van der Waals surface area contributed by atoms with E-state index in [0.29, 0.717) is 24.6 Å². The molecular weight excluding hydrogens is 334 g/mol. The van der Waals surface area contributed by atoms with Gasteiger partial charge >= 0.3 is 0 Å². The van der Waals surface area contributed by atoms with Gasteiger partial charge in [0.2, 0.25) is 11.7 Å². The number of hydrogen-bond acceptors (Lipinski definition) is 6. The molecule has 0 aliphatic heterocycles. The Morgan fingerprint density at radius 1 is 1.23 bits per heavy atom. The van der Waals surface area contributed by atoms with Gasteiger partial charge in [0.1, 0.15) is 5.75 Å². The first-order valence-corrected chi connectivity index (χ1v) is 8.33. The van der Waals surface area contributed by atoms with E-state index < -0.39 is 0 Å². The summed E-state index contributed by atoms with van der Waals surface area (Å²) in [5, 5.41) is 6.92. The van der Waals surface area contributed by atoms with Crippen LogP contribution in [0.15, 0.2) is 57.7 Å². The number of nitrogens with zero attached hydrogens (tertiary/aromatic N) is 2. The SMILES string of the molecule is CCN(CC(=O)Nc1ccc(OC)cc1)Cc1cc(-c2ccco2)on1. The fourth-order valence-electron chi connectivity index (χ4n) is 2.51. The minimum absolute atomic E-state index is 0.0910. The van der Waals surface area contributed by atoms with Crippen LogP contribution in [0.5, 0.6) is 5.75 Å². The molecule has 2 aromatic heterocycles. The summed E-state index contributed by atoms with van der Waals surface area (Å²) in [5.41, 5.74) is 1.48. The zero-order chi connectivity index (χ0) is 18.4. The highest BCUT2D eigenvalue weighted by Crippen LogP contribution is 2.21. The van der Waals surface area contributed by atoms with Crippen LogP contribution >= 0.6 is 0 Å². The van der Waals surface area contributed by atoms with E-state index in [4.69, 9.17) is 13.7 Å². The van der Waals surface area contributed by atoms with Crippen LogP contribution in [0.1, 0.15) is 12.6 Å². The van der Waals surface area contributed by atoms with Crippen molar-refractivity contribution in [2.24, 2.45) is 0 Å². The molecule has 0 saturated heterocycles. The van der Waals surface area contributed by atoms with Crippen molar-refractivity contribution in [2.75, 3.05) is 25.5 Å². The third-order valence-electron chi connectivity index (χ3n) is 3.90. The standard InChI is InChI=1S/C19H21N3O4/c1-3-22(12-15-11-18(26-21-15)17-5-4-10-25-17)13-19(23)20-14-6-8-16(24-2)9-7-14/h4-11H,3,12-13H2,1-2H3,(H,20,23). The Hall–Kier alpha value is -3.06. The van der Waals surface area contributed by atoms with Gasteiger partial charge in [0.15, 0.2) is 5.76 Å². The van der Waals surface area contributed by atoms with E-state index in [9.17, 15) is 4.79 Å². The number of likely N-dealkylation sites (N-methyl/N-ethyl adjacent to an activating group) is 1. The lowest BCUT2D eigenvalue weighted by Gasteiger charge is -2.18. The molecule has 3 rings (SSSR count). The molecule has 0 unspecified atom stereocenters. The second-order valence-electron chi connectivity index (χ2n) is 5.74. The summed E-state index contributed by atoms with van der Waals surface area (Å²) in [7, 11) is 1.61. The fourth-order valence-corrected chi connectivity index (χ4v) is 2.51. The molecule has 0 radical (unpaired) electrons. The number of amides is 1. The van der Waals surface area contributed by atoms with Crippen molar-refractivity contribution in [3.63, 3.8) is 0 Å². The van der Waals surface area contributed by atoms with Crippen LogP contribution < -0.4 is 10.1 Å². The molecule has 0 aliphatic rings. The maximum absolute atomic E-state index is 12.3. The summed E-state index contributed by atoms with van der Waals surface area (Å²) >= 11 is 0. The molecule has 0 atom stereocenters. The number of furan rings is 1. The summed E-state index contributed by atoms with van der Waals surface area (Å²) in [4.78, 5) is 14.3. The molecule has 26 heavy (non-hydrogen) atoms. The Morgan fingerprint density at radius 3 is 2.69 bits per heavy atom. The van der Waals surface area contributed by atoms with Gasteiger partial charge in [-0.1, -0.05) is 12.1 Å². The minimum atomic E-state index is -0.0910. The van der Waals surface area contributed by atoms with Crippen molar-refractivity contribution in [3.05, 3.63) is 54.4 Å². The number of aromatic nitrogens is 1. The summed E-state index contributed by atoms with van der Waals surface area (Å²) in [6, 6.07) is 12.6. The summed E-state index contributed by atoms with van der Waals surface area (Å²) in [5.74, 6) is 1.86. The Kier molecular flexibility index (Phi) is 5.70. The van der Waals surface area contributed by atoms with Crippen LogP contribution in [0.25, 0.3) is 11.5 Å². The molecule has 1 N–H and O–H groups in total. The number of benzene rings is 1. The number of anilines is 1. The molecule has 0 saturated carbocycles. The van der Waals surface area contributed by atoms with Gasteiger partial charge < -0.3 is 19.0 Å². The third kappa shape index (κ3) is 4.52. The fraction of sp³-hybridized carbons (Fsp3) is 0.263. The number of nitrogens with one attached hydrogen (secondary N) is 1. The molecular formula is C19H21N3O4. The molecule has 7 heteroatoms. The van der Waals surface area contributed by atoms with Crippen molar-refractivity contribution >= 4 is 11.6 Å². The highest BCUT2D eigenvalue weighted by atomic mass is 16.5. The number of carbonyl (C=O) groups is 1. The van der Waals surface area contributed by atoms with Crippen LogP contribution in [0, 0.1) is 0 Å². The summed E-state index contributed by atoms with van der Waals surface area (Å²) in [6.07, 6.45) is 1.58. The van der Waals surface area contributed by atoms with Crippen molar-refractivity contribution in [2.45, 2.75) is 13.5 Å². The van der Waals surface area contributed by atoms with Crippen LogP contribution in [0.3, 0.4) is 0 Å². The minimum Gasteiger partial charge on any atom is -0.497 e. The van der Waals surface area contributed by atoms with Gasteiger partial charge in [-0.15, -0.1) is 0 Å². The lowest BCUT2D eigenvalue weighted by molar-refractivity contribution is -0.117. The van der Waals surface area contributed by atoms with E-state index in [-0.39, 0.29) is 12.5 Å². The highest BCUT2D eigenvalue weighted by Gasteiger charge is 2.14. The predicted octanol–water partition coefficient (Wildman–Crippen LogP) is 3.40. The maximum Gasteiger partial charge on any atom is 0.238 e. The number of rotatable bonds is 8. The first kappa shape index (κ1) is 17.8. The van der Waals surface area contributed by atoms with E-state index in [1.807, 2.05) is 24.0 Å². The zero-order valence-electron chi connectivity index (χ0n) is 14.8. The van der Waals surface area contributed by atoms with Gasteiger partial charge in [-0.05, 0) is 42.9 Å². The summed E-state index contributed by atoms with van der Waals surface area (Å²) in [6.45, 7) is 3.47. The second-order valence-corrected chi connectivity index (χ2v) is 5.74. The van der Waals surface area contributed by atoms with E-state index >= 15 is 0 Å². The lowest BCUT2D eigenvalue weighted by atomic mass is 10.3. The Labute approximate surface area is 151 Å². The monoisotopic (exact) mass is 355 g/mol. The molecule has 136 valence electrons. The lowest BCUT2D eigenvalue weighted by Crippen LogP contribution is -2.32. The van der Waals surface area contributed by atoms with E-state index in [2.05, 4.69) is 10.5 Å². The first-order chi connectivity index (χ1) is 12.7. The molecule has 0 aliphatic carbocycles. The van der Waals surface area contributed by atoms with Gasteiger partial charge in [0.05, 0.1) is 25.6 Å². The van der Waals surface area contributed by atoms with Gasteiger partial charge in [-0.2, -0.15) is 0 Å². The predicted molar refractivity (Wildman–Crippen MR) is 96.8 cm³/mol. The molecule has 3 aromatic rings. The highest BCUT2D eigenvalue weighted by molar-refractivity contribution is 5.92. The second kappa shape index (κ2) is 8.35. The smallest absolute Gasteiger partial charge is 0.238 e. The normalized spacial score (nSPS) is 10.9. The Balaban J connectivity index is 1.56. The summed E-state index contributed by atoms with van der Waals surface area (Å²) < 4.78 is 15.7. The first-order valence-electron chi connectivity index (χ1n) is 8.33. The zero-order valence-corrected chi connectivity index (χ0v) is 14.8. The van der Waals surface area contributed by atoms with Gasteiger partial charge in [-0.3, -0.25) is 9.69 Å². The molecule has 0 bridgehead atoms. The largest absolute Gasteiger partial charge is 0.497 e. The van der Waals surface area contributed by atoms with Crippen molar-refractivity contribution in [3.8, 4) is 17.3 Å². The Morgan fingerprint density at radius 2 is 2.04 bits per heavy atom. The van der Waals surface area contributed by atoms with Gasteiger partial charge in [-0.25, -0.2) is 0 Å². The van der Waals surface area contributed by atoms with Crippen molar-refractivity contribution in [1.29, 1.82) is 0 Å². The van der Waals surface area contributed by atoms with Crippen LogP contribution in [0.4, 0.5) is 5.69 Å². The molecule has 2 heterocycles.